The second-order valence-electron chi connectivity index (χ2n) is 3.90. The molecule has 0 saturated carbocycles. The van der Waals surface area contributed by atoms with Crippen LogP contribution in [0.2, 0.25) is 0 Å². The van der Waals surface area contributed by atoms with E-state index in [9.17, 15) is 22.0 Å². The minimum Gasteiger partial charge on any atom is -0.380 e. The van der Waals surface area contributed by atoms with Crippen LogP contribution in [0.1, 0.15) is 15.9 Å². The van der Waals surface area contributed by atoms with Gasteiger partial charge in [0.2, 0.25) is 10.0 Å². The molecule has 0 radical (unpaired) electrons. The molecule has 0 heterocycles. The summed E-state index contributed by atoms with van der Waals surface area (Å²) < 4.78 is 51.7. The van der Waals surface area contributed by atoms with Crippen molar-refractivity contribution in [1.82, 2.24) is 5.32 Å². The number of rotatable bonds is 6. The lowest BCUT2D eigenvalue weighted by Crippen LogP contribution is -2.28. The number of nitrogens with one attached hydrogen (secondary N) is 1. The molecule has 0 saturated heterocycles. The molecule has 9 heteroatoms. The minimum atomic E-state index is -4.05. The van der Waals surface area contributed by atoms with Gasteiger partial charge in [-0.05, 0) is 17.7 Å². The average molecular weight is 308 g/mol. The second-order valence-corrected chi connectivity index (χ2v) is 5.43. The van der Waals surface area contributed by atoms with Crippen LogP contribution < -0.4 is 10.5 Å². The highest BCUT2D eigenvalue weighted by Gasteiger charge is 2.17. The Hall–Kier alpha value is -1.58. The van der Waals surface area contributed by atoms with E-state index in [1.165, 1.54) is 19.2 Å². The standard InChI is InChI=1S/C11H14F2N2O4S/c1-19-6-8-3-2-7(4-9(8)20(14,17)18)11(16)15-5-10(12)13/h2-4,10H,5-6H2,1H3,(H,15,16)(H2,14,17,18). The van der Waals surface area contributed by atoms with Gasteiger partial charge in [0.05, 0.1) is 18.0 Å². The van der Waals surface area contributed by atoms with Crippen LogP contribution in [0.25, 0.3) is 0 Å². The molecular formula is C11H14F2N2O4S. The van der Waals surface area contributed by atoms with Crippen LogP contribution in [0.4, 0.5) is 8.78 Å². The van der Waals surface area contributed by atoms with Gasteiger partial charge in [-0.2, -0.15) is 0 Å². The van der Waals surface area contributed by atoms with E-state index in [0.717, 1.165) is 6.07 Å². The van der Waals surface area contributed by atoms with E-state index in [1.54, 1.807) is 0 Å². The predicted molar refractivity (Wildman–Crippen MR) is 66.9 cm³/mol. The van der Waals surface area contributed by atoms with Gasteiger partial charge in [-0.1, -0.05) is 6.07 Å². The van der Waals surface area contributed by atoms with Crippen LogP contribution >= 0.6 is 0 Å². The lowest BCUT2D eigenvalue weighted by Gasteiger charge is -2.10. The third-order valence-electron chi connectivity index (χ3n) is 2.35. The number of methoxy groups -OCH3 is 1. The Morgan fingerprint density at radius 1 is 1.45 bits per heavy atom. The summed E-state index contributed by atoms with van der Waals surface area (Å²) in [6.45, 7) is -0.825. The normalized spacial score (nSPS) is 11.7. The van der Waals surface area contributed by atoms with E-state index in [-0.39, 0.29) is 22.6 Å². The van der Waals surface area contributed by atoms with Gasteiger partial charge in [0.1, 0.15) is 0 Å². The molecule has 112 valence electrons. The Labute approximate surface area is 115 Å². The van der Waals surface area contributed by atoms with Crippen molar-refractivity contribution in [2.24, 2.45) is 5.14 Å². The molecule has 20 heavy (non-hydrogen) atoms. The first-order valence-corrected chi connectivity index (χ1v) is 7.01. The van der Waals surface area contributed by atoms with Crippen LogP contribution in [-0.4, -0.2) is 34.4 Å². The monoisotopic (exact) mass is 308 g/mol. The SMILES string of the molecule is COCc1ccc(C(=O)NCC(F)F)cc1S(N)(=O)=O. The highest BCUT2D eigenvalue weighted by Crippen LogP contribution is 2.17. The van der Waals surface area contributed by atoms with Crippen LogP contribution in [-0.2, 0) is 21.4 Å². The fourth-order valence-corrected chi connectivity index (χ4v) is 2.29. The predicted octanol–water partition coefficient (Wildman–Crippen LogP) is 0.475. The fourth-order valence-electron chi connectivity index (χ4n) is 1.51. The largest absolute Gasteiger partial charge is 0.380 e. The molecule has 0 spiro atoms. The van der Waals surface area contributed by atoms with Gasteiger partial charge in [0.25, 0.3) is 12.3 Å². The molecule has 0 aliphatic carbocycles. The summed E-state index contributed by atoms with van der Waals surface area (Å²) in [4.78, 5) is 11.3. The number of benzene rings is 1. The number of amides is 1. The third kappa shape index (κ3) is 4.51. The molecule has 0 unspecified atom stereocenters. The van der Waals surface area contributed by atoms with Crippen molar-refractivity contribution in [3.63, 3.8) is 0 Å². The van der Waals surface area contributed by atoms with Crippen molar-refractivity contribution >= 4 is 15.9 Å². The van der Waals surface area contributed by atoms with Crippen LogP contribution in [0.15, 0.2) is 23.1 Å². The molecule has 0 fully saturated rings. The fraction of sp³-hybridized carbons (Fsp3) is 0.364. The number of carbonyl (C=O) groups is 1. The van der Waals surface area contributed by atoms with Gasteiger partial charge in [-0.3, -0.25) is 4.79 Å². The van der Waals surface area contributed by atoms with E-state index in [1.807, 2.05) is 5.32 Å². The molecule has 3 N–H and O–H groups in total. The zero-order valence-electron chi connectivity index (χ0n) is 10.6. The molecule has 0 atom stereocenters. The quantitative estimate of drug-likeness (QED) is 0.798. The van der Waals surface area contributed by atoms with Gasteiger partial charge in [-0.25, -0.2) is 22.3 Å². The van der Waals surface area contributed by atoms with Crippen LogP contribution in [0.5, 0.6) is 0 Å². The van der Waals surface area contributed by atoms with Gasteiger partial charge >= 0.3 is 0 Å². The van der Waals surface area contributed by atoms with Crippen LogP contribution in [0.3, 0.4) is 0 Å². The third-order valence-corrected chi connectivity index (χ3v) is 3.35. The minimum absolute atomic E-state index is 0.00923. The lowest BCUT2D eigenvalue weighted by atomic mass is 10.1. The summed E-state index contributed by atoms with van der Waals surface area (Å²) in [6.07, 6.45) is -2.69. The molecule has 1 rings (SSSR count). The average Bonchev–Trinajstić information content (AvgIpc) is 2.35. The van der Waals surface area contributed by atoms with Gasteiger partial charge < -0.3 is 10.1 Å². The van der Waals surface area contributed by atoms with Gasteiger partial charge in [0.15, 0.2) is 0 Å². The number of carbonyl (C=O) groups excluding carboxylic acids is 1. The molecule has 0 aliphatic heterocycles. The van der Waals surface area contributed by atoms with E-state index in [2.05, 4.69) is 0 Å². The maximum absolute atomic E-state index is 12.0. The summed E-state index contributed by atoms with van der Waals surface area (Å²) in [5, 5.41) is 7.02. The molecule has 6 nitrogen and oxygen atoms in total. The number of ether oxygens (including phenoxy) is 1. The summed E-state index contributed by atoms with van der Waals surface area (Å²) >= 11 is 0. The summed E-state index contributed by atoms with van der Waals surface area (Å²) in [5.41, 5.74) is 0.204. The van der Waals surface area contributed by atoms with E-state index in [4.69, 9.17) is 9.88 Å². The van der Waals surface area contributed by atoms with Crippen molar-refractivity contribution in [1.29, 1.82) is 0 Å². The maximum Gasteiger partial charge on any atom is 0.255 e. The summed E-state index contributed by atoms with van der Waals surface area (Å²) in [5.74, 6) is -0.806. The number of halogens is 2. The first-order valence-electron chi connectivity index (χ1n) is 5.46. The Bertz CT molecular complexity index is 590. The Kier molecular flexibility index (Phi) is 5.54. The molecular weight excluding hydrogens is 294 g/mol. The smallest absolute Gasteiger partial charge is 0.255 e. The maximum atomic E-state index is 12.0. The van der Waals surface area contributed by atoms with Crippen molar-refractivity contribution in [3.8, 4) is 0 Å². The van der Waals surface area contributed by atoms with Crippen molar-refractivity contribution in [2.45, 2.75) is 17.9 Å². The number of sulfonamides is 1. The number of alkyl halides is 2. The zero-order chi connectivity index (χ0) is 15.3. The first kappa shape index (κ1) is 16.5. The number of primary sulfonamides is 1. The topological polar surface area (TPSA) is 98.5 Å². The van der Waals surface area contributed by atoms with Crippen molar-refractivity contribution in [3.05, 3.63) is 29.3 Å². The lowest BCUT2D eigenvalue weighted by molar-refractivity contribution is 0.0891. The zero-order valence-corrected chi connectivity index (χ0v) is 11.4. The van der Waals surface area contributed by atoms with E-state index < -0.39 is 28.9 Å². The number of hydrogen-bond donors (Lipinski definition) is 2. The highest BCUT2D eigenvalue weighted by atomic mass is 32.2. The second kappa shape index (κ2) is 6.73. The van der Waals surface area contributed by atoms with E-state index in [0.29, 0.717) is 0 Å². The Morgan fingerprint density at radius 2 is 2.10 bits per heavy atom. The summed E-state index contributed by atoms with van der Waals surface area (Å²) in [6, 6.07) is 3.69. The van der Waals surface area contributed by atoms with Gasteiger partial charge in [0, 0.05) is 12.7 Å². The molecule has 1 aromatic rings. The summed E-state index contributed by atoms with van der Waals surface area (Å²) in [7, 11) is -2.68. The molecule has 0 bridgehead atoms. The molecule has 1 aromatic carbocycles. The Balaban J connectivity index is 3.10. The Morgan fingerprint density at radius 3 is 2.60 bits per heavy atom. The van der Waals surface area contributed by atoms with Crippen molar-refractivity contribution in [2.75, 3.05) is 13.7 Å². The van der Waals surface area contributed by atoms with Crippen molar-refractivity contribution < 1.29 is 26.7 Å². The highest BCUT2D eigenvalue weighted by molar-refractivity contribution is 7.89. The molecule has 0 aliphatic rings. The molecule has 0 aromatic heterocycles. The number of nitrogens with two attached hydrogens (primary N) is 1. The van der Waals surface area contributed by atoms with Gasteiger partial charge in [-0.15, -0.1) is 0 Å². The van der Waals surface area contributed by atoms with E-state index >= 15 is 0 Å². The van der Waals surface area contributed by atoms with Crippen LogP contribution in [0, 0.1) is 0 Å². The number of hydrogen-bond acceptors (Lipinski definition) is 4. The molecule has 1 amide bonds. The first-order chi connectivity index (χ1) is 9.25.